The van der Waals surface area contributed by atoms with Crippen molar-refractivity contribution in [2.45, 2.75) is 103 Å². The van der Waals surface area contributed by atoms with Crippen LogP contribution in [0.3, 0.4) is 0 Å². The standard InChI is InChI=1S/C19H35N/c20-19-16-12-8-3-1-2-5-9-13-17-14-10-6-4-7-11-15-18(17)19/h17-18,20H,1-16H2. The Morgan fingerprint density at radius 1 is 0.550 bits per heavy atom. The fourth-order valence-electron chi connectivity index (χ4n) is 4.33. The number of hydrogen-bond donors (Lipinski definition) is 1. The van der Waals surface area contributed by atoms with Crippen molar-refractivity contribution in [1.82, 2.24) is 0 Å². The predicted octanol–water partition coefficient (Wildman–Crippen LogP) is 6.51. The molecule has 2 unspecified atom stereocenters. The van der Waals surface area contributed by atoms with E-state index >= 15 is 0 Å². The van der Waals surface area contributed by atoms with Crippen molar-refractivity contribution in [2.75, 3.05) is 0 Å². The van der Waals surface area contributed by atoms with Gasteiger partial charge in [0, 0.05) is 5.71 Å². The van der Waals surface area contributed by atoms with Gasteiger partial charge in [-0.15, -0.1) is 0 Å². The molecule has 116 valence electrons. The van der Waals surface area contributed by atoms with Gasteiger partial charge in [0.25, 0.3) is 0 Å². The van der Waals surface area contributed by atoms with Crippen LogP contribution in [0.4, 0.5) is 0 Å². The lowest BCUT2D eigenvalue weighted by Crippen LogP contribution is -2.24. The molecule has 2 rings (SSSR count). The summed E-state index contributed by atoms with van der Waals surface area (Å²) in [6.07, 6.45) is 22.1. The Bertz CT molecular complexity index is 271. The van der Waals surface area contributed by atoms with E-state index in [1.807, 2.05) is 0 Å². The number of hydrogen-bond acceptors (Lipinski definition) is 1. The first-order valence-corrected chi connectivity index (χ1v) is 9.45. The third kappa shape index (κ3) is 5.58. The maximum absolute atomic E-state index is 8.59. The molecule has 1 N–H and O–H groups in total. The average Bonchev–Trinajstić information content (AvgIpc) is 2.56. The topological polar surface area (TPSA) is 23.9 Å². The molecule has 0 bridgehead atoms. The molecule has 0 aromatic rings. The third-order valence-corrected chi connectivity index (χ3v) is 5.63. The molecule has 2 aliphatic carbocycles. The Morgan fingerprint density at radius 3 is 1.60 bits per heavy atom. The van der Waals surface area contributed by atoms with E-state index in [2.05, 4.69) is 0 Å². The molecular weight excluding hydrogens is 242 g/mol. The summed E-state index contributed by atoms with van der Waals surface area (Å²) in [7, 11) is 0. The highest BCUT2D eigenvalue weighted by Gasteiger charge is 2.25. The molecule has 0 spiro atoms. The van der Waals surface area contributed by atoms with E-state index in [-0.39, 0.29) is 0 Å². The molecule has 2 atom stereocenters. The van der Waals surface area contributed by atoms with Crippen molar-refractivity contribution in [2.24, 2.45) is 11.8 Å². The summed E-state index contributed by atoms with van der Waals surface area (Å²) in [6.45, 7) is 0. The van der Waals surface area contributed by atoms with Crippen LogP contribution in [0.1, 0.15) is 103 Å². The first-order valence-electron chi connectivity index (χ1n) is 9.45. The first-order chi connectivity index (χ1) is 9.88. The highest BCUT2D eigenvalue weighted by molar-refractivity contribution is 5.84. The monoisotopic (exact) mass is 277 g/mol. The Hall–Kier alpha value is -0.330. The molecule has 0 aromatic heterocycles. The molecule has 0 heterocycles. The summed E-state index contributed by atoms with van der Waals surface area (Å²) < 4.78 is 0. The Kier molecular flexibility index (Phi) is 7.69. The SMILES string of the molecule is N=C1CCCCCCCCCC2CCCCCCCC12. The van der Waals surface area contributed by atoms with Crippen molar-refractivity contribution in [3.05, 3.63) is 0 Å². The van der Waals surface area contributed by atoms with Crippen LogP contribution in [0.15, 0.2) is 0 Å². The molecule has 2 fully saturated rings. The molecule has 2 aliphatic rings. The molecule has 0 aromatic carbocycles. The van der Waals surface area contributed by atoms with E-state index in [4.69, 9.17) is 5.41 Å². The second-order valence-corrected chi connectivity index (χ2v) is 7.25. The molecule has 0 saturated heterocycles. The minimum Gasteiger partial charge on any atom is -0.309 e. The van der Waals surface area contributed by atoms with Crippen molar-refractivity contribution in [3.63, 3.8) is 0 Å². The Morgan fingerprint density at radius 2 is 1.00 bits per heavy atom. The Balaban J connectivity index is 1.98. The molecule has 20 heavy (non-hydrogen) atoms. The number of nitrogens with one attached hydrogen (secondary N) is 1. The van der Waals surface area contributed by atoms with Crippen LogP contribution in [-0.2, 0) is 0 Å². The van der Waals surface area contributed by atoms with Crippen molar-refractivity contribution >= 4 is 5.71 Å². The zero-order valence-electron chi connectivity index (χ0n) is 13.5. The quantitative estimate of drug-likeness (QED) is 0.522. The minimum atomic E-state index is 0.646. The summed E-state index contributed by atoms with van der Waals surface area (Å²) in [5, 5.41) is 8.59. The van der Waals surface area contributed by atoms with Gasteiger partial charge in [-0.3, -0.25) is 0 Å². The fourth-order valence-corrected chi connectivity index (χ4v) is 4.33. The molecule has 1 nitrogen and oxygen atoms in total. The lowest BCUT2D eigenvalue weighted by atomic mass is 9.77. The van der Waals surface area contributed by atoms with E-state index in [9.17, 15) is 0 Å². The van der Waals surface area contributed by atoms with Crippen LogP contribution in [0.2, 0.25) is 0 Å². The van der Waals surface area contributed by atoms with Gasteiger partial charge in [-0.1, -0.05) is 70.6 Å². The van der Waals surface area contributed by atoms with E-state index < -0.39 is 0 Å². The summed E-state index contributed by atoms with van der Waals surface area (Å²) in [5.74, 6) is 1.49. The van der Waals surface area contributed by atoms with Crippen LogP contribution in [-0.4, -0.2) is 5.71 Å². The smallest absolute Gasteiger partial charge is 0.0123 e. The van der Waals surface area contributed by atoms with Crippen molar-refractivity contribution in [3.8, 4) is 0 Å². The largest absolute Gasteiger partial charge is 0.309 e. The summed E-state index contributed by atoms with van der Waals surface area (Å²) in [6, 6.07) is 0. The molecule has 2 saturated carbocycles. The molecule has 0 amide bonds. The third-order valence-electron chi connectivity index (χ3n) is 5.63. The van der Waals surface area contributed by atoms with Gasteiger partial charge in [-0.2, -0.15) is 0 Å². The van der Waals surface area contributed by atoms with Gasteiger partial charge in [0.15, 0.2) is 0 Å². The summed E-state index contributed by atoms with van der Waals surface area (Å²) in [5.41, 5.74) is 1.12. The maximum atomic E-state index is 8.59. The summed E-state index contributed by atoms with van der Waals surface area (Å²) in [4.78, 5) is 0. The normalized spacial score (nSPS) is 31.9. The molecule has 0 radical (unpaired) electrons. The highest BCUT2D eigenvalue weighted by Crippen LogP contribution is 2.33. The zero-order valence-corrected chi connectivity index (χ0v) is 13.5. The van der Waals surface area contributed by atoms with Gasteiger partial charge in [0.05, 0.1) is 0 Å². The van der Waals surface area contributed by atoms with Crippen LogP contribution in [0.5, 0.6) is 0 Å². The van der Waals surface area contributed by atoms with Gasteiger partial charge in [-0.05, 0) is 43.9 Å². The molecule has 0 aliphatic heterocycles. The number of fused-ring (bicyclic) bond motifs is 1. The molecule has 1 heteroatoms. The number of rotatable bonds is 0. The van der Waals surface area contributed by atoms with E-state index in [0.29, 0.717) is 5.92 Å². The molecular formula is C19H35N. The van der Waals surface area contributed by atoms with Gasteiger partial charge in [0.2, 0.25) is 0 Å². The average molecular weight is 277 g/mol. The van der Waals surface area contributed by atoms with E-state index in [1.165, 1.54) is 96.3 Å². The van der Waals surface area contributed by atoms with Crippen LogP contribution in [0, 0.1) is 17.2 Å². The first kappa shape index (κ1) is 16.0. The highest BCUT2D eigenvalue weighted by atomic mass is 14.5. The van der Waals surface area contributed by atoms with Crippen molar-refractivity contribution in [1.29, 1.82) is 5.41 Å². The van der Waals surface area contributed by atoms with Gasteiger partial charge < -0.3 is 5.41 Å². The van der Waals surface area contributed by atoms with E-state index in [1.54, 1.807) is 0 Å². The fraction of sp³-hybridized carbons (Fsp3) is 0.947. The lowest BCUT2D eigenvalue weighted by Gasteiger charge is -2.28. The van der Waals surface area contributed by atoms with Crippen LogP contribution < -0.4 is 0 Å². The lowest BCUT2D eigenvalue weighted by molar-refractivity contribution is 0.323. The van der Waals surface area contributed by atoms with Crippen molar-refractivity contribution < 1.29 is 0 Å². The van der Waals surface area contributed by atoms with Crippen LogP contribution >= 0.6 is 0 Å². The maximum Gasteiger partial charge on any atom is 0.0123 e. The van der Waals surface area contributed by atoms with Gasteiger partial charge >= 0.3 is 0 Å². The zero-order chi connectivity index (χ0) is 14.0. The summed E-state index contributed by atoms with van der Waals surface area (Å²) >= 11 is 0. The minimum absolute atomic E-state index is 0.646. The Labute approximate surface area is 126 Å². The van der Waals surface area contributed by atoms with Gasteiger partial charge in [-0.25, -0.2) is 0 Å². The van der Waals surface area contributed by atoms with Gasteiger partial charge in [0.1, 0.15) is 0 Å². The van der Waals surface area contributed by atoms with Crippen LogP contribution in [0.25, 0.3) is 0 Å². The second-order valence-electron chi connectivity index (χ2n) is 7.25. The predicted molar refractivity (Wildman–Crippen MR) is 88.6 cm³/mol. The second kappa shape index (κ2) is 9.58. The van der Waals surface area contributed by atoms with E-state index in [0.717, 1.165) is 18.1 Å².